The molecule has 1 aromatic rings. The third kappa shape index (κ3) is 3.22. The van der Waals surface area contributed by atoms with Gasteiger partial charge in [0.15, 0.2) is 0 Å². The van der Waals surface area contributed by atoms with Crippen LogP contribution in [0.5, 0.6) is 0 Å². The van der Waals surface area contributed by atoms with Crippen molar-refractivity contribution in [3.63, 3.8) is 0 Å². The largest absolute Gasteiger partial charge is 0.373 e. The summed E-state index contributed by atoms with van der Waals surface area (Å²) in [6.45, 7) is 4.14. The lowest BCUT2D eigenvalue weighted by molar-refractivity contribution is 0.0935. The first kappa shape index (κ1) is 12.5. The number of hydrogen-bond donors (Lipinski definition) is 2. The zero-order valence-electron chi connectivity index (χ0n) is 10.1. The zero-order valence-corrected chi connectivity index (χ0v) is 10.1. The van der Waals surface area contributed by atoms with Gasteiger partial charge in [-0.1, -0.05) is 13.8 Å². The van der Waals surface area contributed by atoms with E-state index in [-0.39, 0.29) is 11.9 Å². The number of nitrogens with zero attached hydrogens (tertiary/aromatic N) is 1. The molecule has 2 N–H and O–H groups in total. The molecule has 1 rings (SSSR count). The van der Waals surface area contributed by atoms with Gasteiger partial charge in [-0.2, -0.15) is 0 Å². The zero-order chi connectivity index (χ0) is 12.0. The van der Waals surface area contributed by atoms with Crippen LogP contribution in [0, 0.1) is 0 Å². The molecular weight excluding hydrogens is 202 g/mol. The maximum Gasteiger partial charge on any atom is 0.251 e. The van der Waals surface area contributed by atoms with Crippen LogP contribution in [0.1, 0.15) is 37.0 Å². The fourth-order valence-electron chi connectivity index (χ4n) is 1.47. The Morgan fingerprint density at radius 2 is 2.12 bits per heavy atom. The number of rotatable bonds is 5. The van der Waals surface area contributed by atoms with E-state index < -0.39 is 0 Å². The molecule has 1 amide bonds. The quantitative estimate of drug-likeness (QED) is 0.800. The molecule has 0 aliphatic carbocycles. The van der Waals surface area contributed by atoms with E-state index in [9.17, 15) is 4.79 Å². The van der Waals surface area contributed by atoms with Gasteiger partial charge in [0.05, 0.1) is 0 Å². The molecule has 4 heteroatoms. The number of hydrogen-bond acceptors (Lipinski definition) is 3. The Morgan fingerprint density at radius 1 is 1.44 bits per heavy atom. The molecule has 4 nitrogen and oxygen atoms in total. The third-order valence-corrected chi connectivity index (χ3v) is 2.60. The van der Waals surface area contributed by atoms with Gasteiger partial charge in [0.2, 0.25) is 0 Å². The molecule has 1 aromatic heterocycles. The molecule has 0 saturated heterocycles. The lowest BCUT2D eigenvalue weighted by Crippen LogP contribution is -2.33. The fraction of sp³-hybridized carbons (Fsp3) is 0.500. The van der Waals surface area contributed by atoms with Gasteiger partial charge < -0.3 is 10.6 Å². The van der Waals surface area contributed by atoms with Crippen molar-refractivity contribution in [2.24, 2.45) is 0 Å². The highest BCUT2D eigenvalue weighted by atomic mass is 16.1. The Labute approximate surface area is 96.5 Å². The average molecular weight is 221 g/mol. The number of carbonyl (C=O) groups is 1. The summed E-state index contributed by atoms with van der Waals surface area (Å²) in [4.78, 5) is 15.9. The molecule has 0 spiro atoms. The van der Waals surface area contributed by atoms with E-state index in [0.717, 1.165) is 12.8 Å². The second-order valence-corrected chi connectivity index (χ2v) is 3.67. The van der Waals surface area contributed by atoms with Gasteiger partial charge >= 0.3 is 0 Å². The second kappa shape index (κ2) is 6.10. The van der Waals surface area contributed by atoms with Gasteiger partial charge in [0.25, 0.3) is 5.91 Å². The number of anilines is 1. The van der Waals surface area contributed by atoms with Crippen LogP contribution in [0.4, 0.5) is 5.82 Å². The van der Waals surface area contributed by atoms with Crippen molar-refractivity contribution in [3.05, 3.63) is 23.9 Å². The first-order chi connectivity index (χ1) is 7.71. The minimum Gasteiger partial charge on any atom is -0.373 e. The molecule has 0 aromatic carbocycles. The smallest absolute Gasteiger partial charge is 0.251 e. The summed E-state index contributed by atoms with van der Waals surface area (Å²) in [6.07, 6.45) is 3.53. The van der Waals surface area contributed by atoms with E-state index in [1.807, 2.05) is 0 Å². The van der Waals surface area contributed by atoms with Crippen LogP contribution in [0.25, 0.3) is 0 Å². The van der Waals surface area contributed by atoms with Crippen molar-refractivity contribution in [2.75, 3.05) is 12.4 Å². The van der Waals surface area contributed by atoms with Crippen LogP contribution in [-0.2, 0) is 0 Å². The first-order valence-corrected chi connectivity index (χ1v) is 5.65. The van der Waals surface area contributed by atoms with E-state index in [1.165, 1.54) is 0 Å². The third-order valence-electron chi connectivity index (χ3n) is 2.60. The van der Waals surface area contributed by atoms with Crippen LogP contribution in [-0.4, -0.2) is 24.0 Å². The monoisotopic (exact) mass is 221 g/mol. The average Bonchev–Trinajstić information content (AvgIpc) is 2.35. The van der Waals surface area contributed by atoms with Crippen molar-refractivity contribution in [2.45, 2.75) is 32.7 Å². The minimum absolute atomic E-state index is 0.0346. The summed E-state index contributed by atoms with van der Waals surface area (Å²) in [5.74, 6) is 0.671. The number of carbonyl (C=O) groups excluding carboxylic acids is 1. The molecule has 0 aliphatic heterocycles. The second-order valence-electron chi connectivity index (χ2n) is 3.67. The highest BCUT2D eigenvalue weighted by molar-refractivity contribution is 5.94. The van der Waals surface area contributed by atoms with Crippen molar-refractivity contribution < 1.29 is 4.79 Å². The summed E-state index contributed by atoms with van der Waals surface area (Å²) in [5, 5.41) is 5.90. The van der Waals surface area contributed by atoms with E-state index in [4.69, 9.17) is 0 Å². The van der Waals surface area contributed by atoms with E-state index >= 15 is 0 Å². The Morgan fingerprint density at radius 3 is 2.69 bits per heavy atom. The number of amides is 1. The molecule has 0 saturated carbocycles. The highest BCUT2D eigenvalue weighted by Crippen LogP contribution is 2.07. The van der Waals surface area contributed by atoms with Crippen molar-refractivity contribution >= 4 is 11.7 Å². The van der Waals surface area contributed by atoms with Gasteiger partial charge in [0.1, 0.15) is 5.82 Å². The summed E-state index contributed by atoms with van der Waals surface area (Å²) < 4.78 is 0. The minimum atomic E-state index is -0.0346. The van der Waals surface area contributed by atoms with Crippen molar-refractivity contribution in [1.82, 2.24) is 10.3 Å². The Kier molecular flexibility index (Phi) is 4.76. The van der Waals surface area contributed by atoms with Gasteiger partial charge in [-0.25, -0.2) is 4.98 Å². The molecule has 0 bridgehead atoms. The Hall–Kier alpha value is -1.58. The van der Waals surface area contributed by atoms with E-state index in [2.05, 4.69) is 29.5 Å². The molecule has 0 unspecified atom stereocenters. The normalized spacial score (nSPS) is 10.2. The SMILES string of the molecule is CCC(CC)NC(=O)c1ccnc(NC)c1. The number of nitrogens with one attached hydrogen (secondary N) is 2. The van der Waals surface area contributed by atoms with Gasteiger partial charge in [-0.05, 0) is 25.0 Å². The summed E-state index contributed by atoms with van der Waals surface area (Å²) in [6, 6.07) is 3.72. The van der Waals surface area contributed by atoms with Crippen LogP contribution < -0.4 is 10.6 Å². The maximum absolute atomic E-state index is 11.9. The predicted octanol–water partition coefficient (Wildman–Crippen LogP) is 2.04. The maximum atomic E-state index is 11.9. The molecule has 0 atom stereocenters. The number of aromatic nitrogens is 1. The molecular formula is C12H19N3O. The fourth-order valence-corrected chi connectivity index (χ4v) is 1.47. The van der Waals surface area contributed by atoms with Gasteiger partial charge in [-0.15, -0.1) is 0 Å². The molecule has 0 fully saturated rings. The topological polar surface area (TPSA) is 54.0 Å². The van der Waals surface area contributed by atoms with Crippen LogP contribution in [0.15, 0.2) is 18.3 Å². The number of pyridine rings is 1. The van der Waals surface area contributed by atoms with Gasteiger partial charge in [-0.3, -0.25) is 4.79 Å². The van der Waals surface area contributed by atoms with E-state index in [1.54, 1.807) is 25.4 Å². The van der Waals surface area contributed by atoms with Gasteiger partial charge in [0, 0.05) is 24.8 Å². The van der Waals surface area contributed by atoms with Crippen molar-refractivity contribution in [1.29, 1.82) is 0 Å². The summed E-state index contributed by atoms with van der Waals surface area (Å²) >= 11 is 0. The summed E-state index contributed by atoms with van der Waals surface area (Å²) in [5.41, 5.74) is 0.645. The lowest BCUT2D eigenvalue weighted by atomic mass is 10.1. The molecule has 1 heterocycles. The molecule has 16 heavy (non-hydrogen) atoms. The van der Waals surface area contributed by atoms with Crippen molar-refractivity contribution in [3.8, 4) is 0 Å². The van der Waals surface area contributed by atoms with Crippen LogP contribution in [0.2, 0.25) is 0 Å². The lowest BCUT2D eigenvalue weighted by Gasteiger charge is -2.14. The molecule has 0 radical (unpaired) electrons. The standard InChI is InChI=1S/C12H19N3O/c1-4-10(5-2)15-12(16)9-6-7-14-11(8-9)13-3/h6-8,10H,4-5H2,1-3H3,(H,13,14)(H,15,16). The Bertz CT molecular complexity index is 348. The Balaban J connectivity index is 2.72. The first-order valence-electron chi connectivity index (χ1n) is 5.65. The van der Waals surface area contributed by atoms with Crippen LogP contribution >= 0.6 is 0 Å². The van der Waals surface area contributed by atoms with E-state index in [0.29, 0.717) is 11.4 Å². The highest BCUT2D eigenvalue weighted by Gasteiger charge is 2.10. The molecule has 88 valence electrons. The van der Waals surface area contributed by atoms with Crippen LogP contribution in [0.3, 0.4) is 0 Å². The predicted molar refractivity (Wildman–Crippen MR) is 65.6 cm³/mol. The summed E-state index contributed by atoms with van der Waals surface area (Å²) in [7, 11) is 1.78. The molecule has 0 aliphatic rings.